The Bertz CT molecular complexity index is 430. The predicted molar refractivity (Wildman–Crippen MR) is 61.2 cm³/mol. The summed E-state index contributed by atoms with van der Waals surface area (Å²) in [5.74, 6) is 0.876. The molecule has 7 heteroatoms. The van der Waals surface area contributed by atoms with E-state index in [-0.39, 0.29) is 0 Å². The van der Waals surface area contributed by atoms with Crippen LogP contribution in [0, 0.1) is 6.92 Å². The van der Waals surface area contributed by atoms with Crippen molar-refractivity contribution in [1.82, 2.24) is 0 Å². The molecule has 4 nitrogen and oxygen atoms in total. The Kier molecular flexibility index (Phi) is 3.42. The Morgan fingerprint density at radius 3 is 2.86 bits per heavy atom. The maximum atomic E-state index is 5.68. The van der Waals surface area contributed by atoms with Crippen molar-refractivity contribution < 1.29 is 4.52 Å². The Labute approximate surface area is 86.2 Å². The van der Waals surface area contributed by atoms with Gasteiger partial charge >= 0.3 is 0 Å². The van der Waals surface area contributed by atoms with Crippen LogP contribution < -0.4 is 4.52 Å². The quantitative estimate of drug-likeness (QED) is 0.694. The highest BCUT2D eigenvalue weighted by Gasteiger charge is 2.01. The normalized spacial score (nSPS) is 21.4. The van der Waals surface area contributed by atoms with Crippen molar-refractivity contribution in [2.75, 3.05) is 0 Å². The summed E-state index contributed by atoms with van der Waals surface area (Å²) < 4.78 is 18.0. The minimum atomic E-state index is -1.39. The zero-order valence-corrected chi connectivity index (χ0v) is 10.2. The first-order chi connectivity index (χ1) is 6.86. The molecular formula is C7H8N3OP3. The lowest BCUT2D eigenvalue weighted by molar-refractivity contribution is 0.619. The van der Waals surface area contributed by atoms with Crippen molar-refractivity contribution in [3.05, 3.63) is 29.8 Å². The molecule has 0 N–H and O–H groups in total. The van der Waals surface area contributed by atoms with Crippen molar-refractivity contribution in [3.8, 4) is 5.75 Å². The molecule has 1 aliphatic rings. The molecule has 0 radical (unpaired) electrons. The SMILES string of the molecule is Cc1ccccc1O[PH]1=NP=NP=N1. The van der Waals surface area contributed by atoms with Crippen molar-refractivity contribution >= 4 is 25.1 Å². The van der Waals surface area contributed by atoms with Gasteiger partial charge in [0.2, 0.25) is 8.09 Å². The second-order valence-electron chi connectivity index (χ2n) is 2.62. The molecule has 1 aromatic carbocycles. The van der Waals surface area contributed by atoms with Gasteiger partial charge in [0.25, 0.3) is 0 Å². The van der Waals surface area contributed by atoms with E-state index in [2.05, 4.69) is 13.5 Å². The van der Waals surface area contributed by atoms with Crippen LogP contribution in [-0.4, -0.2) is 0 Å². The van der Waals surface area contributed by atoms with Crippen LogP contribution in [0.5, 0.6) is 5.75 Å². The number of hydrogen-bond donors (Lipinski definition) is 0. The van der Waals surface area contributed by atoms with E-state index in [0.717, 1.165) is 28.4 Å². The van der Waals surface area contributed by atoms with Crippen LogP contribution in [-0.2, 0) is 0 Å². The monoisotopic (exact) mass is 243 g/mol. The van der Waals surface area contributed by atoms with Gasteiger partial charge in [-0.2, -0.15) is 13.5 Å². The molecule has 1 unspecified atom stereocenters. The summed E-state index contributed by atoms with van der Waals surface area (Å²) in [7, 11) is 0.0960. The zero-order chi connectivity index (χ0) is 9.80. The number of para-hydroxylation sites is 1. The van der Waals surface area contributed by atoms with E-state index in [0.29, 0.717) is 0 Å². The van der Waals surface area contributed by atoms with Crippen LogP contribution in [0.2, 0.25) is 0 Å². The minimum Gasteiger partial charge on any atom is -0.442 e. The molecule has 2 rings (SSSR count). The Morgan fingerprint density at radius 1 is 1.29 bits per heavy atom. The van der Waals surface area contributed by atoms with E-state index < -0.39 is 8.09 Å². The molecule has 1 aromatic rings. The Morgan fingerprint density at radius 2 is 2.14 bits per heavy atom. The number of hydrogen-bond acceptors (Lipinski definition) is 4. The number of rotatable bonds is 2. The molecule has 0 bridgehead atoms. The second kappa shape index (κ2) is 4.79. The topological polar surface area (TPSA) is 46.3 Å². The molecule has 0 amide bonds. The van der Waals surface area contributed by atoms with E-state index >= 15 is 0 Å². The molecule has 0 fully saturated rings. The fourth-order valence-corrected chi connectivity index (χ4v) is 4.03. The van der Waals surface area contributed by atoms with Crippen LogP contribution in [0.1, 0.15) is 5.56 Å². The number of nitrogens with zero attached hydrogens (tertiary/aromatic N) is 3. The molecular weight excluding hydrogens is 235 g/mol. The summed E-state index contributed by atoms with van der Waals surface area (Å²) in [6.45, 7) is 2.01. The summed E-state index contributed by atoms with van der Waals surface area (Å²) in [4.78, 5) is 0. The van der Waals surface area contributed by atoms with Gasteiger partial charge in [-0.1, -0.05) is 18.2 Å². The first-order valence-electron chi connectivity index (χ1n) is 3.98. The maximum Gasteiger partial charge on any atom is 0.249 e. The lowest BCUT2D eigenvalue weighted by Crippen LogP contribution is -1.82. The first-order valence-corrected chi connectivity index (χ1v) is 6.89. The molecule has 72 valence electrons. The van der Waals surface area contributed by atoms with E-state index in [4.69, 9.17) is 4.52 Å². The van der Waals surface area contributed by atoms with Gasteiger partial charge in [-0.3, -0.25) is 0 Å². The van der Waals surface area contributed by atoms with Gasteiger partial charge < -0.3 is 4.52 Å². The highest BCUT2D eigenvalue weighted by atomic mass is 31.2. The molecule has 14 heavy (non-hydrogen) atoms. The Balaban J connectivity index is 2.19. The average Bonchev–Trinajstić information content (AvgIpc) is 2.23. The van der Waals surface area contributed by atoms with Crippen LogP contribution in [0.25, 0.3) is 0 Å². The molecule has 0 saturated heterocycles. The fourth-order valence-electron chi connectivity index (χ4n) is 0.965. The molecule has 1 heterocycles. The number of aryl methyl sites for hydroxylation is 1. The summed E-state index contributed by atoms with van der Waals surface area (Å²) >= 11 is 0. The van der Waals surface area contributed by atoms with Crippen molar-refractivity contribution in [2.24, 2.45) is 13.5 Å². The lowest BCUT2D eigenvalue weighted by Gasteiger charge is -2.07. The molecule has 0 saturated carbocycles. The van der Waals surface area contributed by atoms with Crippen LogP contribution in [0.4, 0.5) is 0 Å². The van der Waals surface area contributed by atoms with Crippen molar-refractivity contribution in [3.63, 3.8) is 0 Å². The van der Waals surface area contributed by atoms with Gasteiger partial charge in [0.1, 0.15) is 5.75 Å². The van der Waals surface area contributed by atoms with Gasteiger partial charge in [-0.25, -0.2) is 0 Å². The lowest BCUT2D eigenvalue weighted by atomic mass is 10.2. The summed E-state index contributed by atoms with van der Waals surface area (Å²) in [6, 6.07) is 7.89. The third kappa shape index (κ3) is 2.48. The third-order valence-electron chi connectivity index (χ3n) is 1.64. The molecule has 0 spiro atoms. The zero-order valence-electron chi connectivity index (χ0n) is 7.45. The maximum absolute atomic E-state index is 5.68. The summed E-state index contributed by atoms with van der Waals surface area (Å²) in [5, 5.41) is 0. The van der Waals surface area contributed by atoms with E-state index in [1.54, 1.807) is 0 Å². The highest BCUT2D eigenvalue weighted by Crippen LogP contribution is 2.42. The standard InChI is InChI=1S/C7H8N3OP3/c1-6-4-2-3-5-7(6)11-14-9-12-8-13-10-14/h2-5,14H,1H3. The van der Waals surface area contributed by atoms with Gasteiger partial charge in [-0.05, 0) is 18.6 Å². The first kappa shape index (κ1) is 9.98. The van der Waals surface area contributed by atoms with Crippen LogP contribution >= 0.6 is 25.1 Å². The van der Waals surface area contributed by atoms with Crippen molar-refractivity contribution in [1.29, 1.82) is 0 Å². The molecule has 1 aliphatic heterocycles. The smallest absolute Gasteiger partial charge is 0.249 e. The van der Waals surface area contributed by atoms with E-state index in [9.17, 15) is 0 Å². The fraction of sp³-hybridized carbons (Fsp3) is 0.143. The van der Waals surface area contributed by atoms with Gasteiger partial charge in [0.05, 0.1) is 0 Å². The van der Waals surface area contributed by atoms with Gasteiger partial charge in [0.15, 0.2) is 17.0 Å². The number of benzene rings is 1. The second-order valence-corrected chi connectivity index (χ2v) is 6.06. The highest BCUT2D eigenvalue weighted by molar-refractivity contribution is 7.56. The predicted octanol–water partition coefficient (Wildman–Crippen LogP) is 4.70. The molecule has 1 atom stereocenters. The van der Waals surface area contributed by atoms with Crippen LogP contribution in [0.15, 0.2) is 37.8 Å². The average molecular weight is 243 g/mol. The van der Waals surface area contributed by atoms with Gasteiger partial charge in [-0.15, -0.1) is 0 Å². The largest absolute Gasteiger partial charge is 0.442 e. The molecule has 0 aliphatic carbocycles. The summed E-state index contributed by atoms with van der Waals surface area (Å²) in [5.41, 5.74) is 1.12. The third-order valence-corrected chi connectivity index (χ3v) is 4.76. The molecule has 0 aromatic heterocycles. The van der Waals surface area contributed by atoms with E-state index in [1.165, 1.54) is 0 Å². The Hall–Kier alpha value is -0.550. The van der Waals surface area contributed by atoms with Crippen molar-refractivity contribution in [2.45, 2.75) is 6.92 Å². The summed E-state index contributed by atoms with van der Waals surface area (Å²) in [6.07, 6.45) is 0. The van der Waals surface area contributed by atoms with Crippen LogP contribution in [0.3, 0.4) is 0 Å². The minimum absolute atomic E-state index is 0.743. The van der Waals surface area contributed by atoms with E-state index in [1.807, 2.05) is 31.2 Å². The van der Waals surface area contributed by atoms with Gasteiger partial charge in [0, 0.05) is 0 Å².